The fourth-order valence-electron chi connectivity index (χ4n) is 6.93. The number of nitriles is 1. The van der Waals surface area contributed by atoms with Gasteiger partial charge in [-0.05, 0) is 68.1 Å². The van der Waals surface area contributed by atoms with E-state index in [4.69, 9.17) is 5.26 Å². The summed E-state index contributed by atoms with van der Waals surface area (Å²) in [6.07, 6.45) is 15.7. The van der Waals surface area contributed by atoms with Crippen LogP contribution in [-0.4, -0.2) is 10.9 Å². The Balaban J connectivity index is 1.59. The number of hydrogen-bond acceptors (Lipinski definition) is 3. The third-order valence-corrected chi connectivity index (χ3v) is 9.02. The molecule has 3 heteroatoms. The number of fused-ring (bicyclic) bond motifs is 5. The van der Waals surface area contributed by atoms with Gasteiger partial charge >= 0.3 is 0 Å². The molecule has 0 aromatic carbocycles. The van der Waals surface area contributed by atoms with Gasteiger partial charge in [-0.3, -0.25) is 4.79 Å². The van der Waals surface area contributed by atoms with Gasteiger partial charge in [-0.15, -0.1) is 0 Å². The minimum Gasteiger partial charge on any atom is -0.287 e. The topological polar surface area (TPSA) is 40.9 Å². The Morgan fingerprint density at radius 2 is 2.12 bits per heavy atom. The molecule has 0 saturated heterocycles. The Labute approximate surface area is 156 Å². The molecule has 0 unspecified atom stereocenters. The van der Waals surface area contributed by atoms with Crippen molar-refractivity contribution in [3.8, 4) is 6.07 Å². The fourth-order valence-corrected chi connectivity index (χ4v) is 7.73. The maximum absolute atomic E-state index is 12.7. The quantitative estimate of drug-likeness (QED) is 0.613. The summed E-state index contributed by atoms with van der Waals surface area (Å²) in [6, 6.07) is 2.12. The number of hydrogen-bond donors (Lipinski definition) is 0. The van der Waals surface area contributed by atoms with Crippen LogP contribution in [0.3, 0.4) is 0 Å². The minimum absolute atomic E-state index is 0.163. The molecule has 6 atom stereocenters. The van der Waals surface area contributed by atoms with Crippen LogP contribution in [-0.2, 0) is 4.79 Å². The van der Waals surface area contributed by atoms with E-state index in [0.717, 1.165) is 24.7 Å². The van der Waals surface area contributed by atoms with E-state index in [9.17, 15) is 4.79 Å². The number of allylic oxidation sites excluding steroid dienone is 4. The van der Waals surface area contributed by atoms with Crippen molar-refractivity contribution in [2.24, 2.45) is 34.5 Å². The van der Waals surface area contributed by atoms with Crippen molar-refractivity contribution in [1.29, 1.82) is 5.26 Å². The molecule has 3 fully saturated rings. The standard InChI is InChI=1S/C22H29NOS/c1-21-11-4-3-5-15(21)6-7-16-17-8-9-19(20(24)25-14-13-23)22(17,2)12-10-18(16)21/h4-5,11,16-19H,3,6-10,12,14H2,1-2H3/t16-,17-,18-,19+,21-,22-/m0/s1. The van der Waals surface area contributed by atoms with Crippen LogP contribution in [0.25, 0.3) is 0 Å². The van der Waals surface area contributed by atoms with Crippen LogP contribution in [0.4, 0.5) is 0 Å². The van der Waals surface area contributed by atoms with Crippen LogP contribution >= 0.6 is 11.8 Å². The second-order valence-corrected chi connectivity index (χ2v) is 9.99. The van der Waals surface area contributed by atoms with E-state index in [1.54, 1.807) is 5.57 Å². The molecule has 0 radical (unpaired) electrons. The normalized spacial score (nSPS) is 44.9. The summed E-state index contributed by atoms with van der Waals surface area (Å²) in [6.45, 7) is 4.86. The summed E-state index contributed by atoms with van der Waals surface area (Å²) in [5, 5.41) is 9.10. The van der Waals surface area contributed by atoms with Crippen LogP contribution in [0.1, 0.15) is 58.8 Å². The van der Waals surface area contributed by atoms with Gasteiger partial charge in [0, 0.05) is 11.3 Å². The molecule has 4 aliphatic rings. The number of carbonyl (C=O) groups is 1. The molecule has 0 aromatic heterocycles. The highest BCUT2D eigenvalue weighted by molar-refractivity contribution is 8.13. The predicted molar refractivity (Wildman–Crippen MR) is 103 cm³/mol. The van der Waals surface area contributed by atoms with Crippen LogP contribution in [0.2, 0.25) is 0 Å². The molecule has 0 amide bonds. The summed E-state index contributed by atoms with van der Waals surface area (Å²) in [4.78, 5) is 12.7. The Morgan fingerprint density at radius 1 is 1.28 bits per heavy atom. The van der Waals surface area contributed by atoms with Gasteiger partial charge < -0.3 is 0 Å². The van der Waals surface area contributed by atoms with Crippen LogP contribution < -0.4 is 0 Å². The maximum Gasteiger partial charge on any atom is 0.193 e. The van der Waals surface area contributed by atoms with Crippen molar-refractivity contribution in [2.75, 3.05) is 5.75 Å². The van der Waals surface area contributed by atoms with E-state index in [1.807, 2.05) is 0 Å². The second kappa shape index (κ2) is 6.31. The van der Waals surface area contributed by atoms with Gasteiger partial charge in [-0.1, -0.05) is 49.4 Å². The molecule has 0 aromatic rings. The first-order valence-corrected chi connectivity index (χ1v) is 10.9. The lowest BCUT2D eigenvalue weighted by Crippen LogP contribution is -2.49. The first-order chi connectivity index (χ1) is 12.0. The summed E-state index contributed by atoms with van der Waals surface area (Å²) >= 11 is 1.25. The van der Waals surface area contributed by atoms with Gasteiger partial charge in [0.25, 0.3) is 0 Å². The van der Waals surface area contributed by atoms with Gasteiger partial charge in [0.2, 0.25) is 0 Å². The van der Waals surface area contributed by atoms with Gasteiger partial charge in [-0.2, -0.15) is 5.26 Å². The van der Waals surface area contributed by atoms with E-state index in [-0.39, 0.29) is 21.9 Å². The smallest absolute Gasteiger partial charge is 0.193 e. The molecule has 0 aliphatic heterocycles. The number of carbonyl (C=O) groups excluding carboxylic acids is 1. The molecule has 0 heterocycles. The minimum atomic E-state index is 0.163. The summed E-state index contributed by atoms with van der Waals surface area (Å²) in [5.74, 6) is 2.68. The zero-order valence-corrected chi connectivity index (χ0v) is 16.3. The highest BCUT2D eigenvalue weighted by atomic mass is 32.2. The Kier molecular flexibility index (Phi) is 4.39. The highest BCUT2D eigenvalue weighted by Crippen LogP contribution is 2.66. The molecule has 134 valence electrons. The van der Waals surface area contributed by atoms with Crippen LogP contribution in [0.5, 0.6) is 0 Å². The molecule has 2 nitrogen and oxygen atoms in total. The van der Waals surface area contributed by atoms with Crippen molar-refractivity contribution in [3.05, 3.63) is 23.8 Å². The fraction of sp³-hybridized carbons (Fsp3) is 0.727. The van der Waals surface area contributed by atoms with Crippen molar-refractivity contribution >= 4 is 16.9 Å². The largest absolute Gasteiger partial charge is 0.287 e. The summed E-state index contributed by atoms with van der Waals surface area (Å²) in [7, 11) is 0. The first kappa shape index (κ1) is 17.4. The molecular formula is C22H29NOS. The number of nitrogens with zero attached hydrogens (tertiary/aromatic N) is 1. The highest BCUT2D eigenvalue weighted by Gasteiger charge is 2.59. The predicted octanol–water partition coefficient (Wildman–Crippen LogP) is 5.51. The molecule has 3 saturated carbocycles. The lowest BCUT2D eigenvalue weighted by molar-refractivity contribution is -0.120. The summed E-state index contributed by atoms with van der Waals surface area (Å²) in [5.41, 5.74) is 2.10. The molecule has 0 bridgehead atoms. The molecule has 4 aliphatic carbocycles. The SMILES string of the molecule is C[C@]12CC[C@H]3[C@@H](CCC4=CCC=C[C@@]43C)[C@@H]1CC[C@@H]2C(=O)SCC#N. The first-order valence-electron chi connectivity index (χ1n) is 9.91. The van der Waals surface area contributed by atoms with Crippen LogP contribution in [0, 0.1) is 45.8 Å². The van der Waals surface area contributed by atoms with Gasteiger partial charge in [-0.25, -0.2) is 0 Å². The molecule has 25 heavy (non-hydrogen) atoms. The van der Waals surface area contributed by atoms with E-state index < -0.39 is 0 Å². The zero-order valence-electron chi connectivity index (χ0n) is 15.5. The van der Waals surface area contributed by atoms with E-state index >= 15 is 0 Å². The Hall–Kier alpha value is -1.01. The van der Waals surface area contributed by atoms with Gasteiger partial charge in [0.15, 0.2) is 5.12 Å². The van der Waals surface area contributed by atoms with Crippen molar-refractivity contribution in [2.45, 2.75) is 58.8 Å². The maximum atomic E-state index is 12.7. The lowest BCUT2D eigenvalue weighted by atomic mass is 9.48. The average molecular weight is 356 g/mol. The summed E-state index contributed by atoms with van der Waals surface area (Å²) < 4.78 is 0. The molecule has 0 spiro atoms. The molecule has 4 rings (SSSR count). The second-order valence-electron chi connectivity index (χ2n) is 9.01. The van der Waals surface area contributed by atoms with E-state index in [2.05, 4.69) is 38.1 Å². The zero-order chi connectivity index (χ0) is 17.7. The molecular weight excluding hydrogens is 326 g/mol. The van der Waals surface area contributed by atoms with Crippen LogP contribution in [0.15, 0.2) is 23.8 Å². The van der Waals surface area contributed by atoms with Crippen molar-refractivity contribution in [1.82, 2.24) is 0 Å². The third-order valence-electron chi connectivity index (χ3n) is 8.17. The van der Waals surface area contributed by atoms with E-state index in [1.165, 1.54) is 43.9 Å². The van der Waals surface area contributed by atoms with E-state index in [0.29, 0.717) is 11.7 Å². The average Bonchev–Trinajstić information content (AvgIpc) is 2.96. The van der Waals surface area contributed by atoms with Crippen molar-refractivity contribution < 1.29 is 4.79 Å². The van der Waals surface area contributed by atoms with Gasteiger partial charge in [0.1, 0.15) is 0 Å². The number of rotatable bonds is 2. The lowest BCUT2D eigenvalue weighted by Gasteiger charge is -2.57. The monoisotopic (exact) mass is 355 g/mol. The van der Waals surface area contributed by atoms with Crippen molar-refractivity contribution in [3.63, 3.8) is 0 Å². The third kappa shape index (κ3) is 2.55. The Bertz CT molecular complexity index is 674. The number of thioether (sulfide) groups is 1. The Morgan fingerprint density at radius 3 is 2.92 bits per heavy atom. The van der Waals surface area contributed by atoms with Gasteiger partial charge in [0.05, 0.1) is 11.8 Å². The molecule has 0 N–H and O–H groups in total.